The molecule has 0 fully saturated rings. The van der Waals surface area contributed by atoms with E-state index in [-0.39, 0.29) is 24.6 Å². The number of halogens is 3. The first-order valence-corrected chi connectivity index (χ1v) is 11.2. The van der Waals surface area contributed by atoms with Gasteiger partial charge in [0.15, 0.2) is 11.6 Å². The van der Waals surface area contributed by atoms with Crippen molar-refractivity contribution >= 4 is 33.7 Å². The monoisotopic (exact) mass is 496 g/mol. The van der Waals surface area contributed by atoms with E-state index in [0.29, 0.717) is 6.41 Å². The van der Waals surface area contributed by atoms with Crippen molar-refractivity contribution in [3.8, 4) is 11.3 Å². The van der Waals surface area contributed by atoms with Crippen LogP contribution in [0.2, 0.25) is 0 Å². The van der Waals surface area contributed by atoms with E-state index < -0.39 is 11.6 Å². The lowest BCUT2D eigenvalue weighted by Crippen LogP contribution is -2.37. The minimum absolute atomic E-state index is 0.175. The molecule has 1 unspecified atom stereocenters. The summed E-state index contributed by atoms with van der Waals surface area (Å²) in [6.45, 7) is 3.38. The predicted molar refractivity (Wildman–Crippen MR) is 118 cm³/mol. The van der Waals surface area contributed by atoms with Crippen LogP contribution in [0.15, 0.2) is 34.9 Å². The van der Waals surface area contributed by atoms with Gasteiger partial charge in [-0.15, -0.1) is 11.3 Å². The van der Waals surface area contributed by atoms with Crippen LogP contribution in [-0.2, 0) is 24.2 Å². The first-order valence-electron chi connectivity index (χ1n) is 9.58. The van der Waals surface area contributed by atoms with E-state index in [4.69, 9.17) is 5.73 Å². The molecule has 0 aliphatic carbocycles. The molecule has 1 aliphatic heterocycles. The number of carbonyl (C=O) groups excluding carboxylic acids is 1. The maximum absolute atomic E-state index is 13.2. The molecule has 3 N–H and O–H groups in total. The van der Waals surface area contributed by atoms with E-state index in [9.17, 15) is 13.6 Å². The van der Waals surface area contributed by atoms with Crippen LogP contribution in [0.25, 0.3) is 11.3 Å². The summed E-state index contributed by atoms with van der Waals surface area (Å²) in [5, 5.41) is 6.83. The van der Waals surface area contributed by atoms with Crippen LogP contribution in [0.4, 0.5) is 8.78 Å². The quantitative estimate of drug-likeness (QED) is 0.519. The molecule has 4 rings (SSSR count). The van der Waals surface area contributed by atoms with Gasteiger partial charge in [0.2, 0.25) is 6.41 Å². The Bertz CT molecular complexity index is 1020. The molecule has 1 aromatic carbocycles. The van der Waals surface area contributed by atoms with Gasteiger partial charge >= 0.3 is 0 Å². The normalized spacial score (nSPS) is 13.4. The molecule has 1 aliphatic rings. The number of rotatable bonds is 5. The van der Waals surface area contributed by atoms with Gasteiger partial charge in [-0.3, -0.25) is 9.48 Å². The van der Waals surface area contributed by atoms with E-state index in [1.165, 1.54) is 46.0 Å². The molecule has 0 saturated carbocycles. The average molecular weight is 497 g/mol. The number of nitrogens with one attached hydrogen (secondary N) is 1. The fourth-order valence-corrected chi connectivity index (χ4v) is 5.00. The van der Waals surface area contributed by atoms with Crippen LogP contribution in [0, 0.1) is 18.6 Å². The van der Waals surface area contributed by atoms with Crippen molar-refractivity contribution in [2.24, 2.45) is 5.73 Å². The molecule has 30 heavy (non-hydrogen) atoms. The molecule has 3 aromatic rings. The van der Waals surface area contributed by atoms with Crippen LogP contribution in [0.5, 0.6) is 0 Å². The Morgan fingerprint density at radius 3 is 2.97 bits per heavy atom. The van der Waals surface area contributed by atoms with E-state index in [1.54, 1.807) is 0 Å². The molecule has 2 aromatic heterocycles. The SMILES string of the molecule is Cc1cc2c(s1)CCCn1ncc(Br)c1-2.NCC(Cc1cccc(F)c1F)NC=O. The Hall–Kier alpha value is -2.10. The molecule has 3 heterocycles. The smallest absolute Gasteiger partial charge is 0.207 e. The van der Waals surface area contributed by atoms with Crippen molar-refractivity contribution in [3.63, 3.8) is 0 Å². The van der Waals surface area contributed by atoms with Crippen molar-refractivity contribution in [2.45, 2.75) is 38.8 Å². The molecule has 0 spiro atoms. The van der Waals surface area contributed by atoms with Gasteiger partial charge in [-0.25, -0.2) is 8.78 Å². The van der Waals surface area contributed by atoms with E-state index in [1.807, 2.05) is 17.5 Å². The van der Waals surface area contributed by atoms with Crippen LogP contribution >= 0.6 is 27.3 Å². The Morgan fingerprint density at radius 2 is 2.23 bits per heavy atom. The third-order valence-corrected chi connectivity index (χ3v) is 6.53. The number of nitrogens with two attached hydrogens (primary N) is 1. The van der Waals surface area contributed by atoms with Crippen molar-refractivity contribution in [1.29, 1.82) is 0 Å². The van der Waals surface area contributed by atoms with Crippen LogP contribution < -0.4 is 11.1 Å². The summed E-state index contributed by atoms with van der Waals surface area (Å²) in [7, 11) is 0. The molecule has 1 atom stereocenters. The molecule has 5 nitrogen and oxygen atoms in total. The van der Waals surface area contributed by atoms with Gasteiger partial charge in [-0.1, -0.05) is 12.1 Å². The number of hydrogen-bond acceptors (Lipinski definition) is 4. The zero-order valence-electron chi connectivity index (χ0n) is 16.5. The fourth-order valence-electron chi connectivity index (χ4n) is 3.42. The third kappa shape index (κ3) is 5.14. The van der Waals surface area contributed by atoms with Gasteiger partial charge in [-0.2, -0.15) is 5.10 Å². The zero-order chi connectivity index (χ0) is 21.7. The third-order valence-electron chi connectivity index (χ3n) is 4.84. The molecule has 0 bridgehead atoms. The highest BCUT2D eigenvalue weighted by molar-refractivity contribution is 9.10. The summed E-state index contributed by atoms with van der Waals surface area (Å²) in [5.74, 6) is -1.78. The standard InChI is InChI=1S/C11H11BrN2S.C10H12F2N2O/c1-7-5-8-10(15-7)3-2-4-14-11(8)9(12)6-13-14;11-9-3-1-2-7(10(9)12)4-8(5-13)14-6-15/h5-6H,2-4H2,1H3;1-3,6,8H,4-5,13H2,(H,14,15). The Morgan fingerprint density at radius 1 is 1.43 bits per heavy atom. The summed E-state index contributed by atoms with van der Waals surface area (Å²) < 4.78 is 29.3. The molecule has 160 valence electrons. The van der Waals surface area contributed by atoms with Crippen LogP contribution in [-0.4, -0.2) is 28.8 Å². The van der Waals surface area contributed by atoms with Crippen molar-refractivity contribution < 1.29 is 13.6 Å². The number of nitrogens with zero attached hydrogens (tertiary/aromatic N) is 2. The van der Waals surface area contributed by atoms with Crippen molar-refractivity contribution in [3.05, 3.63) is 61.9 Å². The van der Waals surface area contributed by atoms with E-state index in [0.717, 1.165) is 17.1 Å². The second kappa shape index (κ2) is 10.3. The molecular weight excluding hydrogens is 474 g/mol. The van der Waals surface area contributed by atoms with Gasteiger partial charge in [0, 0.05) is 34.4 Å². The van der Waals surface area contributed by atoms with E-state index >= 15 is 0 Å². The summed E-state index contributed by atoms with van der Waals surface area (Å²) in [4.78, 5) is 13.1. The number of benzene rings is 1. The maximum atomic E-state index is 13.2. The zero-order valence-corrected chi connectivity index (χ0v) is 18.9. The Balaban J connectivity index is 0.000000171. The lowest BCUT2D eigenvalue weighted by Gasteiger charge is -2.13. The topological polar surface area (TPSA) is 72.9 Å². The largest absolute Gasteiger partial charge is 0.354 e. The predicted octanol–water partition coefficient (Wildman–Crippen LogP) is 4.21. The number of hydrogen-bond donors (Lipinski definition) is 2. The number of aryl methyl sites for hydroxylation is 3. The number of carbonyl (C=O) groups is 1. The first kappa shape index (κ1) is 22.6. The Labute approximate surface area is 186 Å². The van der Waals surface area contributed by atoms with Gasteiger partial charge in [-0.05, 0) is 59.8 Å². The molecule has 1 amide bonds. The van der Waals surface area contributed by atoms with Gasteiger partial charge in [0.1, 0.15) is 0 Å². The first-order chi connectivity index (χ1) is 14.4. The minimum atomic E-state index is -0.894. The summed E-state index contributed by atoms with van der Waals surface area (Å²) >= 11 is 5.50. The van der Waals surface area contributed by atoms with Gasteiger partial charge in [0.25, 0.3) is 0 Å². The lowest BCUT2D eigenvalue weighted by atomic mass is 10.1. The number of fused-ring (bicyclic) bond motifs is 3. The summed E-state index contributed by atoms with van der Waals surface area (Å²) in [6.07, 6.45) is 4.95. The van der Waals surface area contributed by atoms with Crippen LogP contribution in [0.1, 0.15) is 21.7 Å². The molecule has 0 radical (unpaired) electrons. The molecular formula is C21H23BrF2N4OS. The minimum Gasteiger partial charge on any atom is -0.354 e. The average Bonchev–Trinajstić information content (AvgIpc) is 3.22. The van der Waals surface area contributed by atoms with Crippen LogP contribution in [0.3, 0.4) is 0 Å². The van der Waals surface area contributed by atoms with Gasteiger partial charge < -0.3 is 11.1 Å². The highest BCUT2D eigenvalue weighted by Crippen LogP contribution is 2.38. The number of amides is 1. The second-order valence-corrected chi connectivity index (χ2v) is 9.19. The number of aromatic nitrogens is 2. The van der Waals surface area contributed by atoms with Gasteiger partial charge in [0.05, 0.1) is 16.4 Å². The van der Waals surface area contributed by atoms with Crippen molar-refractivity contribution in [2.75, 3.05) is 6.54 Å². The summed E-state index contributed by atoms with van der Waals surface area (Å²) in [6, 6.07) is 5.84. The van der Waals surface area contributed by atoms with E-state index in [2.05, 4.69) is 44.0 Å². The highest BCUT2D eigenvalue weighted by Gasteiger charge is 2.20. The Kier molecular flexibility index (Phi) is 7.74. The lowest BCUT2D eigenvalue weighted by molar-refractivity contribution is -0.110. The molecule has 0 saturated heterocycles. The second-order valence-electron chi connectivity index (χ2n) is 7.00. The number of thiophene rings is 1. The fraction of sp³-hybridized carbons (Fsp3) is 0.333. The maximum Gasteiger partial charge on any atom is 0.207 e. The molecule has 9 heteroatoms. The highest BCUT2D eigenvalue weighted by atomic mass is 79.9. The van der Waals surface area contributed by atoms with Crippen molar-refractivity contribution in [1.82, 2.24) is 15.1 Å². The summed E-state index contributed by atoms with van der Waals surface area (Å²) in [5.41, 5.74) is 8.20.